The van der Waals surface area contributed by atoms with Crippen molar-refractivity contribution in [3.05, 3.63) is 62.5 Å². The Bertz CT molecular complexity index is 1050. The minimum atomic E-state index is 0.520. The number of halogens is 1. The van der Waals surface area contributed by atoms with Crippen molar-refractivity contribution in [2.24, 2.45) is 4.99 Å². The van der Waals surface area contributed by atoms with Crippen molar-refractivity contribution in [3.8, 4) is 5.00 Å². The minimum absolute atomic E-state index is 0.520. The van der Waals surface area contributed by atoms with E-state index < -0.39 is 0 Å². The molecule has 27 heavy (non-hydrogen) atoms. The Morgan fingerprint density at radius 3 is 3.00 bits per heavy atom. The standard InChI is InChI=1S/C20H20ClN5S/c1-2-5-16-24-25-17-11-23-19(12-6-3-4-7-14(12)21)18-13-8-9-22-10-15(13)27-20(18)26(16)17/h3-4,6-7,22H,2,5,8-11H2,1H3. The number of fused-ring (bicyclic) bond motifs is 5. The van der Waals surface area contributed by atoms with E-state index in [9.17, 15) is 0 Å². The molecule has 0 saturated carbocycles. The van der Waals surface area contributed by atoms with Gasteiger partial charge in [0.25, 0.3) is 0 Å². The maximum atomic E-state index is 6.57. The SMILES string of the molecule is CCCc1nnc2n1-c1sc3c(c1C(c1ccccc1Cl)=NC2)CCNC3. The van der Waals surface area contributed by atoms with Gasteiger partial charge >= 0.3 is 0 Å². The average Bonchev–Trinajstić information content (AvgIpc) is 3.21. The van der Waals surface area contributed by atoms with Crippen LogP contribution in [0, 0.1) is 0 Å². The van der Waals surface area contributed by atoms with Gasteiger partial charge in [0.05, 0.1) is 5.71 Å². The predicted molar refractivity (Wildman–Crippen MR) is 109 cm³/mol. The van der Waals surface area contributed by atoms with E-state index in [0.29, 0.717) is 6.54 Å². The van der Waals surface area contributed by atoms with Crippen LogP contribution in [-0.4, -0.2) is 27.0 Å². The van der Waals surface area contributed by atoms with Crippen LogP contribution in [-0.2, 0) is 25.9 Å². The molecule has 0 radical (unpaired) electrons. The second-order valence-electron chi connectivity index (χ2n) is 6.87. The molecule has 4 heterocycles. The monoisotopic (exact) mass is 397 g/mol. The van der Waals surface area contributed by atoms with Crippen LogP contribution in [0.15, 0.2) is 29.3 Å². The highest BCUT2D eigenvalue weighted by molar-refractivity contribution is 7.15. The Morgan fingerprint density at radius 2 is 2.15 bits per heavy atom. The molecule has 2 aromatic heterocycles. The minimum Gasteiger partial charge on any atom is -0.312 e. The number of thiophene rings is 1. The smallest absolute Gasteiger partial charge is 0.160 e. The van der Waals surface area contributed by atoms with Gasteiger partial charge in [-0.15, -0.1) is 21.5 Å². The van der Waals surface area contributed by atoms with Crippen LogP contribution in [0.5, 0.6) is 0 Å². The van der Waals surface area contributed by atoms with Crippen LogP contribution < -0.4 is 5.32 Å². The first kappa shape index (κ1) is 17.1. The third-order valence-electron chi connectivity index (χ3n) is 5.13. The lowest BCUT2D eigenvalue weighted by atomic mass is 9.96. The van der Waals surface area contributed by atoms with Crippen molar-refractivity contribution in [2.45, 2.75) is 39.3 Å². The maximum Gasteiger partial charge on any atom is 0.160 e. The lowest BCUT2D eigenvalue weighted by molar-refractivity contribution is 0.654. The van der Waals surface area contributed by atoms with Crippen molar-refractivity contribution in [1.82, 2.24) is 20.1 Å². The van der Waals surface area contributed by atoms with Gasteiger partial charge in [-0.1, -0.05) is 36.7 Å². The summed E-state index contributed by atoms with van der Waals surface area (Å²) < 4.78 is 2.25. The fraction of sp³-hybridized carbons (Fsp3) is 0.350. The zero-order chi connectivity index (χ0) is 18.4. The molecule has 5 nitrogen and oxygen atoms in total. The van der Waals surface area contributed by atoms with E-state index in [1.807, 2.05) is 29.5 Å². The number of benzene rings is 1. The summed E-state index contributed by atoms with van der Waals surface area (Å²) in [5.41, 5.74) is 4.61. The summed E-state index contributed by atoms with van der Waals surface area (Å²) in [5, 5.41) is 14.3. The van der Waals surface area contributed by atoms with Crippen LogP contribution in [0.3, 0.4) is 0 Å². The number of aromatic nitrogens is 3. The lowest BCUT2D eigenvalue weighted by Crippen LogP contribution is -2.23. The summed E-state index contributed by atoms with van der Waals surface area (Å²) in [7, 11) is 0. The Balaban J connectivity index is 1.79. The highest BCUT2D eigenvalue weighted by Gasteiger charge is 2.30. The Hall–Kier alpha value is -2.02. The van der Waals surface area contributed by atoms with Crippen LogP contribution >= 0.6 is 22.9 Å². The van der Waals surface area contributed by atoms with Crippen molar-refractivity contribution in [3.63, 3.8) is 0 Å². The fourth-order valence-corrected chi connectivity index (χ4v) is 5.48. The second-order valence-corrected chi connectivity index (χ2v) is 8.36. The summed E-state index contributed by atoms with van der Waals surface area (Å²) in [6.45, 7) is 4.59. The molecule has 5 rings (SSSR count). The number of aliphatic imine (C=N–C) groups is 1. The zero-order valence-electron chi connectivity index (χ0n) is 15.1. The molecule has 2 aliphatic rings. The first-order chi connectivity index (χ1) is 13.3. The number of hydrogen-bond acceptors (Lipinski definition) is 5. The van der Waals surface area contributed by atoms with Crippen molar-refractivity contribution < 1.29 is 0 Å². The lowest BCUT2D eigenvalue weighted by Gasteiger charge is -2.16. The molecule has 0 atom stereocenters. The zero-order valence-corrected chi connectivity index (χ0v) is 16.7. The Morgan fingerprint density at radius 1 is 1.26 bits per heavy atom. The van der Waals surface area contributed by atoms with Gasteiger partial charge in [0, 0.05) is 34.0 Å². The third kappa shape index (κ3) is 2.74. The van der Waals surface area contributed by atoms with Gasteiger partial charge in [-0.3, -0.25) is 9.56 Å². The van der Waals surface area contributed by atoms with Crippen LogP contribution in [0.25, 0.3) is 5.00 Å². The van der Waals surface area contributed by atoms with E-state index in [0.717, 1.165) is 60.3 Å². The molecule has 0 fully saturated rings. The summed E-state index contributed by atoms with van der Waals surface area (Å²) in [6, 6.07) is 7.99. The first-order valence-corrected chi connectivity index (χ1v) is 10.6. The molecule has 0 saturated heterocycles. The van der Waals surface area contributed by atoms with Crippen LogP contribution in [0.1, 0.15) is 46.6 Å². The molecule has 2 aliphatic heterocycles. The topological polar surface area (TPSA) is 55.1 Å². The molecule has 0 spiro atoms. The van der Waals surface area contributed by atoms with E-state index in [1.54, 1.807) is 0 Å². The molecule has 1 N–H and O–H groups in total. The normalized spacial score (nSPS) is 15.6. The largest absolute Gasteiger partial charge is 0.312 e. The quantitative estimate of drug-likeness (QED) is 0.728. The van der Waals surface area contributed by atoms with Gasteiger partial charge in [0.1, 0.15) is 17.4 Å². The maximum absolute atomic E-state index is 6.57. The number of nitrogens with zero attached hydrogens (tertiary/aromatic N) is 4. The molecule has 7 heteroatoms. The third-order valence-corrected chi connectivity index (χ3v) is 6.67. The second kappa shape index (κ2) is 6.86. The molecule has 138 valence electrons. The molecule has 0 amide bonds. The number of nitrogens with one attached hydrogen (secondary N) is 1. The summed E-state index contributed by atoms with van der Waals surface area (Å²) in [4.78, 5) is 6.37. The van der Waals surface area contributed by atoms with Crippen LogP contribution in [0.4, 0.5) is 0 Å². The van der Waals surface area contributed by atoms with E-state index in [1.165, 1.54) is 21.0 Å². The molecule has 3 aromatic rings. The van der Waals surface area contributed by atoms with E-state index in [-0.39, 0.29) is 0 Å². The van der Waals surface area contributed by atoms with Crippen molar-refractivity contribution in [2.75, 3.05) is 6.54 Å². The summed E-state index contributed by atoms with van der Waals surface area (Å²) in [5.74, 6) is 1.93. The van der Waals surface area contributed by atoms with Gasteiger partial charge in [-0.25, -0.2) is 0 Å². The van der Waals surface area contributed by atoms with E-state index >= 15 is 0 Å². The van der Waals surface area contributed by atoms with Gasteiger partial charge < -0.3 is 5.32 Å². The molecular formula is C20H20ClN5S. The fourth-order valence-electron chi connectivity index (χ4n) is 3.90. The van der Waals surface area contributed by atoms with Crippen molar-refractivity contribution >= 4 is 28.6 Å². The van der Waals surface area contributed by atoms with Crippen LogP contribution in [0.2, 0.25) is 5.02 Å². The van der Waals surface area contributed by atoms with Gasteiger partial charge in [0.2, 0.25) is 0 Å². The molecule has 0 bridgehead atoms. The molecular weight excluding hydrogens is 378 g/mol. The molecule has 0 aliphatic carbocycles. The van der Waals surface area contributed by atoms with E-state index in [2.05, 4.69) is 33.1 Å². The van der Waals surface area contributed by atoms with Gasteiger partial charge in [-0.05, 0) is 31.0 Å². The molecule has 1 aromatic carbocycles. The number of rotatable bonds is 3. The Labute approximate surface area is 167 Å². The van der Waals surface area contributed by atoms with Gasteiger partial charge in [-0.2, -0.15) is 0 Å². The highest BCUT2D eigenvalue weighted by atomic mass is 35.5. The molecule has 0 unspecified atom stereocenters. The number of aryl methyl sites for hydroxylation is 1. The predicted octanol–water partition coefficient (Wildman–Crippen LogP) is 3.93. The number of hydrogen-bond donors (Lipinski definition) is 1. The van der Waals surface area contributed by atoms with Gasteiger partial charge in [0.15, 0.2) is 5.82 Å². The van der Waals surface area contributed by atoms with Crippen molar-refractivity contribution in [1.29, 1.82) is 0 Å². The first-order valence-electron chi connectivity index (χ1n) is 9.36. The highest BCUT2D eigenvalue weighted by Crippen LogP contribution is 2.39. The Kier molecular flexibility index (Phi) is 4.34. The average molecular weight is 398 g/mol. The summed E-state index contributed by atoms with van der Waals surface area (Å²) in [6.07, 6.45) is 2.96. The summed E-state index contributed by atoms with van der Waals surface area (Å²) >= 11 is 8.41. The van der Waals surface area contributed by atoms with E-state index in [4.69, 9.17) is 16.6 Å².